The lowest BCUT2D eigenvalue weighted by atomic mass is 10.1. The number of benzene rings is 2. The van der Waals surface area contributed by atoms with E-state index in [9.17, 15) is 14.4 Å². The molecular weight excluding hydrogens is 346 g/mol. The maximum atomic E-state index is 12.2. The van der Waals surface area contributed by atoms with Gasteiger partial charge < -0.3 is 20.6 Å². The van der Waals surface area contributed by atoms with Crippen LogP contribution in [0.5, 0.6) is 0 Å². The summed E-state index contributed by atoms with van der Waals surface area (Å²) in [5.74, 6) is -1.58. The second kappa shape index (κ2) is 8.35. The minimum absolute atomic E-state index is 0.194. The van der Waals surface area contributed by atoms with Crippen molar-refractivity contribution >= 4 is 23.6 Å². The Morgan fingerprint density at radius 3 is 2.37 bits per heavy atom. The fraction of sp³-hybridized carbons (Fsp3) is 0.250. The summed E-state index contributed by atoms with van der Waals surface area (Å²) in [6.45, 7) is 1.07. The van der Waals surface area contributed by atoms with E-state index in [-0.39, 0.29) is 18.5 Å². The maximum absolute atomic E-state index is 12.2. The summed E-state index contributed by atoms with van der Waals surface area (Å²) < 4.78 is 0. The highest BCUT2D eigenvalue weighted by Gasteiger charge is 2.30. The molecule has 0 aromatic heterocycles. The van der Waals surface area contributed by atoms with Crippen LogP contribution in [0.1, 0.15) is 22.3 Å². The zero-order valence-corrected chi connectivity index (χ0v) is 14.7. The fourth-order valence-electron chi connectivity index (χ4n) is 2.93. The standard InChI is InChI=1S/C20H21N3O4/c24-18(21-12-14-4-2-1-3-5-14)15-6-8-17(9-7-15)22-20(27)23-11-10-16(13-23)19(25)26/h1-9,16H,10-13H2,(H,21,24)(H,22,27)(H,25,26). The summed E-state index contributed by atoms with van der Waals surface area (Å²) in [7, 11) is 0. The second-order valence-electron chi connectivity index (χ2n) is 6.45. The molecule has 3 amide bonds. The van der Waals surface area contributed by atoms with Gasteiger partial charge in [-0.2, -0.15) is 0 Å². The van der Waals surface area contributed by atoms with Crippen LogP contribution in [0.3, 0.4) is 0 Å². The Morgan fingerprint density at radius 2 is 1.74 bits per heavy atom. The van der Waals surface area contributed by atoms with Crippen molar-refractivity contribution in [3.63, 3.8) is 0 Å². The largest absolute Gasteiger partial charge is 0.481 e. The third-order valence-corrected chi connectivity index (χ3v) is 4.52. The number of nitrogens with zero attached hydrogens (tertiary/aromatic N) is 1. The minimum Gasteiger partial charge on any atom is -0.481 e. The molecule has 140 valence electrons. The van der Waals surface area contributed by atoms with Crippen LogP contribution in [0, 0.1) is 5.92 Å². The molecule has 27 heavy (non-hydrogen) atoms. The van der Waals surface area contributed by atoms with Crippen molar-refractivity contribution in [2.75, 3.05) is 18.4 Å². The summed E-state index contributed by atoms with van der Waals surface area (Å²) in [6.07, 6.45) is 0.462. The van der Waals surface area contributed by atoms with Crippen LogP contribution in [0.4, 0.5) is 10.5 Å². The van der Waals surface area contributed by atoms with Gasteiger partial charge in [0.15, 0.2) is 0 Å². The van der Waals surface area contributed by atoms with E-state index in [1.165, 1.54) is 4.90 Å². The van der Waals surface area contributed by atoms with E-state index in [4.69, 9.17) is 5.11 Å². The molecule has 0 spiro atoms. The van der Waals surface area contributed by atoms with Gasteiger partial charge in [-0.3, -0.25) is 9.59 Å². The number of carboxylic acid groups (broad SMARTS) is 1. The highest BCUT2D eigenvalue weighted by atomic mass is 16.4. The summed E-state index contributed by atoms with van der Waals surface area (Å²) >= 11 is 0. The smallest absolute Gasteiger partial charge is 0.321 e. The molecule has 0 bridgehead atoms. The SMILES string of the molecule is O=C(NCc1ccccc1)c1ccc(NC(=O)N2CCC(C(=O)O)C2)cc1. The van der Waals surface area contributed by atoms with E-state index in [1.54, 1.807) is 24.3 Å². The molecule has 1 atom stereocenters. The average molecular weight is 367 g/mol. The summed E-state index contributed by atoms with van der Waals surface area (Å²) in [4.78, 5) is 36.9. The third-order valence-electron chi connectivity index (χ3n) is 4.52. The molecule has 2 aromatic carbocycles. The van der Waals surface area contributed by atoms with Crippen molar-refractivity contribution < 1.29 is 19.5 Å². The van der Waals surface area contributed by atoms with Crippen LogP contribution in [0.15, 0.2) is 54.6 Å². The maximum Gasteiger partial charge on any atom is 0.321 e. The molecule has 1 heterocycles. The van der Waals surface area contributed by atoms with Gasteiger partial charge in [0.2, 0.25) is 0 Å². The topological polar surface area (TPSA) is 98.7 Å². The van der Waals surface area contributed by atoms with Crippen molar-refractivity contribution in [2.24, 2.45) is 5.92 Å². The first-order valence-electron chi connectivity index (χ1n) is 8.74. The minimum atomic E-state index is -0.879. The molecule has 7 nitrogen and oxygen atoms in total. The molecule has 3 rings (SSSR count). The molecule has 2 aromatic rings. The van der Waals surface area contributed by atoms with Crippen LogP contribution in [0.2, 0.25) is 0 Å². The first-order valence-corrected chi connectivity index (χ1v) is 8.74. The number of hydrogen-bond acceptors (Lipinski definition) is 3. The Bertz CT molecular complexity index is 821. The van der Waals surface area contributed by atoms with Crippen molar-refractivity contribution in [3.05, 3.63) is 65.7 Å². The van der Waals surface area contributed by atoms with Crippen LogP contribution >= 0.6 is 0 Å². The number of carboxylic acids is 1. The van der Waals surface area contributed by atoms with Gasteiger partial charge in [-0.25, -0.2) is 4.79 Å². The van der Waals surface area contributed by atoms with Gasteiger partial charge in [0.1, 0.15) is 0 Å². The monoisotopic (exact) mass is 367 g/mol. The van der Waals surface area contributed by atoms with E-state index in [2.05, 4.69) is 10.6 Å². The second-order valence-corrected chi connectivity index (χ2v) is 6.45. The van der Waals surface area contributed by atoms with Gasteiger partial charge in [-0.1, -0.05) is 30.3 Å². The van der Waals surface area contributed by atoms with E-state index < -0.39 is 11.9 Å². The van der Waals surface area contributed by atoms with Crippen LogP contribution in [-0.2, 0) is 11.3 Å². The van der Waals surface area contributed by atoms with Gasteiger partial charge in [0.05, 0.1) is 5.92 Å². The van der Waals surface area contributed by atoms with E-state index >= 15 is 0 Å². The molecule has 7 heteroatoms. The number of anilines is 1. The average Bonchev–Trinajstić information content (AvgIpc) is 3.18. The molecule has 1 unspecified atom stereocenters. The zero-order chi connectivity index (χ0) is 19.2. The van der Waals surface area contributed by atoms with Crippen LogP contribution in [-0.4, -0.2) is 41.0 Å². The number of hydrogen-bond donors (Lipinski definition) is 3. The fourth-order valence-corrected chi connectivity index (χ4v) is 2.93. The Labute approximate surface area is 157 Å². The van der Waals surface area contributed by atoms with E-state index in [0.29, 0.717) is 30.8 Å². The Morgan fingerprint density at radius 1 is 1.04 bits per heavy atom. The Hall–Kier alpha value is -3.35. The lowest BCUT2D eigenvalue weighted by molar-refractivity contribution is -0.141. The van der Waals surface area contributed by atoms with Gasteiger partial charge in [0.25, 0.3) is 5.91 Å². The first kappa shape index (κ1) is 18.4. The lowest BCUT2D eigenvalue weighted by Crippen LogP contribution is -2.33. The number of rotatable bonds is 5. The molecule has 0 aliphatic carbocycles. The van der Waals surface area contributed by atoms with E-state index in [1.807, 2.05) is 30.3 Å². The van der Waals surface area contributed by atoms with Gasteiger partial charge >= 0.3 is 12.0 Å². The van der Waals surface area contributed by atoms with Crippen LogP contribution < -0.4 is 10.6 Å². The predicted octanol–water partition coefficient (Wildman–Crippen LogP) is 2.56. The Balaban J connectivity index is 1.51. The Kier molecular flexibility index (Phi) is 5.71. The van der Waals surface area contributed by atoms with Crippen molar-refractivity contribution in [2.45, 2.75) is 13.0 Å². The number of aliphatic carboxylic acids is 1. The van der Waals surface area contributed by atoms with Crippen molar-refractivity contribution in [1.82, 2.24) is 10.2 Å². The van der Waals surface area contributed by atoms with Gasteiger partial charge in [0, 0.05) is 30.9 Å². The van der Waals surface area contributed by atoms with Gasteiger partial charge in [-0.15, -0.1) is 0 Å². The highest BCUT2D eigenvalue weighted by Crippen LogP contribution is 2.18. The molecule has 1 aliphatic heterocycles. The third kappa shape index (κ3) is 4.84. The number of nitrogens with one attached hydrogen (secondary N) is 2. The quantitative estimate of drug-likeness (QED) is 0.756. The summed E-state index contributed by atoms with van der Waals surface area (Å²) in [5, 5.41) is 14.6. The molecular formula is C20H21N3O4. The van der Waals surface area contributed by atoms with Crippen molar-refractivity contribution in [3.8, 4) is 0 Å². The van der Waals surface area contributed by atoms with Crippen molar-refractivity contribution in [1.29, 1.82) is 0 Å². The molecule has 1 fully saturated rings. The number of carbonyl (C=O) groups excluding carboxylic acids is 2. The zero-order valence-electron chi connectivity index (χ0n) is 14.7. The normalized spacial score (nSPS) is 16.0. The predicted molar refractivity (Wildman–Crippen MR) is 100 cm³/mol. The summed E-state index contributed by atoms with van der Waals surface area (Å²) in [6, 6.07) is 15.9. The molecule has 0 radical (unpaired) electrons. The first-order chi connectivity index (χ1) is 13.0. The lowest BCUT2D eigenvalue weighted by Gasteiger charge is -2.16. The number of urea groups is 1. The molecule has 0 saturated carbocycles. The molecule has 1 saturated heterocycles. The number of carbonyl (C=O) groups is 3. The highest BCUT2D eigenvalue weighted by molar-refractivity contribution is 5.95. The molecule has 1 aliphatic rings. The molecule has 3 N–H and O–H groups in total. The van der Waals surface area contributed by atoms with Crippen LogP contribution in [0.25, 0.3) is 0 Å². The van der Waals surface area contributed by atoms with Gasteiger partial charge in [-0.05, 0) is 36.2 Å². The van der Waals surface area contributed by atoms with E-state index in [0.717, 1.165) is 5.56 Å². The summed E-state index contributed by atoms with van der Waals surface area (Å²) in [5.41, 5.74) is 2.06. The number of amides is 3. The number of likely N-dealkylation sites (tertiary alicyclic amines) is 1.